The van der Waals surface area contributed by atoms with E-state index in [2.05, 4.69) is 41.6 Å². The lowest BCUT2D eigenvalue weighted by molar-refractivity contribution is -0.117. The van der Waals surface area contributed by atoms with Gasteiger partial charge in [0.05, 0.1) is 23.7 Å². The third-order valence-electron chi connectivity index (χ3n) is 3.89. The number of aryl methyl sites for hydroxylation is 2. The molecule has 0 aliphatic heterocycles. The predicted octanol–water partition coefficient (Wildman–Crippen LogP) is 3.71. The summed E-state index contributed by atoms with van der Waals surface area (Å²) in [5.74, 6) is 0.650. The van der Waals surface area contributed by atoms with Gasteiger partial charge in [0.25, 0.3) is 5.91 Å². The summed E-state index contributed by atoms with van der Waals surface area (Å²) in [7, 11) is 1.63. The molecule has 2 aromatic carbocycles. The van der Waals surface area contributed by atoms with Crippen molar-refractivity contribution in [3.05, 3.63) is 58.4 Å². The zero-order valence-electron chi connectivity index (χ0n) is 14.1. The van der Waals surface area contributed by atoms with Gasteiger partial charge in [-0.15, -0.1) is 0 Å². The summed E-state index contributed by atoms with van der Waals surface area (Å²) < 4.78 is 8.38. The molecule has 3 aromatic rings. The molecular weight excluding hydrogens is 320 g/mol. The molecule has 124 valence electrons. The summed E-state index contributed by atoms with van der Waals surface area (Å²) in [4.78, 5) is 17.5. The van der Waals surface area contributed by atoms with Gasteiger partial charge < -0.3 is 9.30 Å². The van der Waals surface area contributed by atoms with E-state index < -0.39 is 0 Å². The van der Waals surface area contributed by atoms with Gasteiger partial charge in [0.1, 0.15) is 5.75 Å². The monoisotopic (exact) mass is 340 g/mol. The summed E-state index contributed by atoms with van der Waals surface area (Å²) in [5.41, 5.74) is 3.27. The molecule has 4 nitrogen and oxygen atoms in total. The maximum atomic E-state index is 12.3. The van der Waals surface area contributed by atoms with Crippen LogP contribution in [-0.4, -0.2) is 17.6 Å². The second kappa shape index (κ2) is 7.01. The first-order chi connectivity index (χ1) is 11.6. The van der Waals surface area contributed by atoms with Gasteiger partial charge >= 0.3 is 0 Å². The van der Waals surface area contributed by atoms with Crippen molar-refractivity contribution in [1.29, 1.82) is 0 Å². The molecule has 1 amide bonds. The quantitative estimate of drug-likeness (QED) is 0.727. The molecule has 0 unspecified atom stereocenters. The lowest BCUT2D eigenvalue weighted by Crippen LogP contribution is -2.16. The fourth-order valence-electron chi connectivity index (χ4n) is 2.64. The van der Waals surface area contributed by atoms with Crippen LogP contribution < -0.4 is 9.54 Å². The van der Waals surface area contributed by atoms with E-state index in [0.29, 0.717) is 6.42 Å². The maximum absolute atomic E-state index is 12.3. The van der Waals surface area contributed by atoms with Crippen LogP contribution >= 0.6 is 11.3 Å². The minimum absolute atomic E-state index is 0.134. The zero-order valence-corrected chi connectivity index (χ0v) is 14.9. The number of methoxy groups -OCH3 is 1. The van der Waals surface area contributed by atoms with Gasteiger partial charge in [0, 0.05) is 6.54 Å². The van der Waals surface area contributed by atoms with E-state index >= 15 is 0 Å². The average Bonchev–Trinajstić information content (AvgIpc) is 2.91. The Labute approximate surface area is 145 Å². The Morgan fingerprint density at radius 2 is 1.96 bits per heavy atom. The number of fused-ring (bicyclic) bond motifs is 1. The second-order valence-electron chi connectivity index (χ2n) is 5.63. The van der Waals surface area contributed by atoms with Crippen LogP contribution in [0.1, 0.15) is 18.1 Å². The van der Waals surface area contributed by atoms with E-state index in [0.717, 1.165) is 32.9 Å². The number of thiazole rings is 1. The standard InChI is InChI=1S/C19H20N2O2S/c1-4-21-16-10-5-13(2)11-17(16)24-19(21)20-18(22)12-14-6-8-15(23-3)9-7-14/h5-11H,4,12H2,1-3H3. The van der Waals surface area contributed by atoms with E-state index in [1.165, 1.54) is 5.56 Å². The Hall–Kier alpha value is -2.40. The van der Waals surface area contributed by atoms with Crippen molar-refractivity contribution >= 4 is 27.5 Å². The minimum atomic E-state index is -0.134. The number of benzene rings is 2. The summed E-state index contributed by atoms with van der Waals surface area (Å²) >= 11 is 1.56. The lowest BCUT2D eigenvalue weighted by Gasteiger charge is -2.02. The molecule has 0 atom stereocenters. The molecule has 0 bridgehead atoms. The van der Waals surface area contributed by atoms with Crippen LogP contribution in [0.15, 0.2) is 47.5 Å². The first-order valence-corrected chi connectivity index (χ1v) is 8.73. The van der Waals surface area contributed by atoms with Crippen LogP contribution in [0.2, 0.25) is 0 Å². The number of carbonyl (C=O) groups excluding carboxylic acids is 1. The van der Waals surface area contributed by atoms with Gasteiger partial charge in [0.15, 0.2) is 4.80 Å². The summed E-state index contributed by atoms with van der Waals surface area (Å²) in [6.07, 6.45) is 0.293. The van der Waals surface area contributed by atoms with Gasteiger partial charge in [-0.25, -0.2) is 0 Å². The molecule has 0 N–H and O–H groups in total. The SMILES string of the molecule is CCn1c(=NC(=O)Cc2ccc(OC)cc2)sc2cc(C)ccc21. The molecule has 5 heteroatoms. The van der Waals surface area contributed by atoms with Crippen LogP contribution in [0.4, 0.5) is 0 Å². The van der Waals surface area contributed by atoms with Crippen LogP contribution in [-0.2, 0) is 17.8 Å². The van der Waals surface area contributed by atoms with Crippen molar-refractivity contribution < 1.29 is 9.53 Å². The Kier molecular flexibility index (Phi) is 4.81. The van der Waals surface area contributed by atoms with Crippen molar-refractivity contribution in [2.24, 2.45) is 4.99 Å². The van der Waals surface area contributed by atoms with Crippen LogP contribution in [0.3, 0.4) is 0 Å². The van der Waals surface area contributed by atoms with Crippen LogP contribution in [0.25, 0.3) is 10.2 Å². The first kappa shape index (κ1) is 16.5. The Morgan fingerprint density at radius 1 is 1.21 bits per heavy atom. The summed E-state index contributed by atoms with van der Waals surface area (Å²) in [5, 5.41) is 0. The smallest absolute Gasteiger partial charge is 0.252 e. The number of rotatable bonds is 4. The Morgan fingerprint density at radius 3 is 2.62 bits per heavy atom. The number of carbonyl (C=O) groups is 1. The third-order valence-corrected chi connectivity index (χ3v) is 4.93. The molecular formula is C19H20N2O2S. The highest BCUT2D eigenvalue weighted by molar-refractivity contribution is 7.16. The van der Waals surface area contributed by atoms with Crippen molar-refractivity contribution in [2.75, 3.05) is 7.11 Å². The molecule has 3 rings (SSSR count). The van der Waals surface area contributed by atoms with Gasteiger partial charge in [-0.05, 0) is 49.2 Å². The van der Waals surface area contributed by atoms with Gasteiger partial charge in [-0.3, -0.25) is 4.79 Å². The second-order valence-corrected chi connectivity index (χ2v) is 6.64. The van der Waals surface area contributed by atoms with Gasteiger partial charge in [-0.2, -0.15) is 4.99 Å². The number of ether oxygens (including phenoxy) is 1. The summed E-state index contributed by atoms with van der Waals surface area (Å²) in [6.45, 7) is 4.93. The molecule has 0 radical (unpaired) electrons. The first-order valence-electron chi connectivity index (χ1n) is 7.91. The average molecular weight is 340 g/mol. The van der Waals surface area contributed by atoms with Crippen LogP contribution in [0.5, 0.6) is 5.75 Å². The highest BCUT2D eigenvalue weighted by atomic mass is 32.1. The van der Waals surface area contributed by atoms with E-state index in [9.17, 15) is 4.79 Å². The number of aromatic nitrogens is 1. The van der Waals surface area contributed by atoms with E-state index in [1.807, 2.05) is 24.3 Å². The number of nitrogens with zero attached hydrogens (tertiary/aromatic N) is 2. The fraction of sp³-hybridized carbons (Fsp3) is 0.263. The Balaban J connectivity index is 1.91. The largest absolute Gasteiger partial charge is 0.497 e. The molecule has 0 aliphatic carbocycles. The number of amides is 1. The van der Waals surface area contributed by atoms with E-state index in [1.54, 1.807) is 18.4 Å². The lowest BCUT2D eigenvalue weighted by atomic mass is 10.1. The number of hydrogen-bond acceptors (Lipinski definition) is 3. The topological polar surface area (TPSA) is 43.6 Å². The molecule has 0 saturated heterocycles. The molecule has 0 saturated carbocycles. The molecule has 0 aliphatic rings. The molecule has 1 aromatic heterocycles. The van der Waals surface area contributed by atoms with Crippen molar-refractivity contribution in [3.8, 4) is 5.75 Å². The van der Waals surface area contributed by atoms with E-state index in [4.69, 9.17) is 4.74 Å². The Bertz CT molecular complexity index is 936. The van der Waals surface area contributed by atoms with Gasteiger partial charge in [0.2, 0.25) is 0 Å². The van der Waals surface area contributed by atoms with E-state index in [-0.39, 0.29) is 5.91 Å². The zero-order chi connectivity index (χ0) is 17.1. The predicted molar refractivity (Wildman–Crippen MR) is 97.5 cm³/mol. The highest BCUT2D eigenvalue weighted by Gasteiger charge is 2.08. The molecule has 24 heavy (non-hydrogen) atoms. The fourth-order valence-corrected chi connectivity index (χ4v) is 3.84. The molecule has 0 spiro atoms. The van der Waals surface area contributed by atoms with Crippen LogP contribution in [0, 0.1) is 6.92 Å². The molecule has 1 heterocycles. The third kappa shape index (κ3) is 3.41. The highest BCUT2D eigenvalue weighted by Crippen LogP contribution is 2.19. The maximum Gasteiger partial charge on any atom is 0.252 e. The number of hydrogen-bond donors (Lipinski definition) is 0. The minimum Gasteiger partial charge on any atom is -0.497 e. The van der Waals surface area contributed by atoms with Gasteiger partial charge in [-0.1, -0.05) is 29.5 Å². The normalized spacial score (nSPS) is 11.9. The van der Waals surface area contributed by atoms with Crippen molar-refractivity contribution in [1.82, 2.24) is 4.57 Å². The van der Waals surface area contributed by atoms with Crippen molar-refractivity contribution in [2.45, 2.75) is 26.8 Å². The summed E-state index contributed by atoms with van der Waals surface area (Å²) in [6, 6.07) is 13.8. The molecule has 0 fully saturated rings. The van der Waals surface area contributed by atoms with Crippen molar-refractivity contribution in [3.63, 3.8) is 0 Å².